The summed E-state index contributed by atoms with van der Waals surface area (Å²) in [6, 6.07) is -0.749. The van der Waals surface area contributed by atoms with Gasteiger partial charge in [0.2, 0.25) is 5.91 Å². The van der Waals surface area contributed by atoms with Crippen LogP contribution in [0, 0.1) is 0 Å². The Morgan fingerprint density at radius 3 is 2.67 bits per heavy atom. The predicted octanol–water partition coefficient (Wildman–Crippen LogP) is 0.832. The molecule has 1 saturated heterocycles. The molecule has 0 radical (unpaired) electrons. The minimum absolute atomic E-state index is 0.320. The molecule has 4 nitrogen and oxygen atoms in total. The molecule has 0 aromatic heterocycles. The molecule has 1 fully saturated rings. The lowest BCUT2D eigenvalue weighted by Crippen LogP contribution is -2.43. The first-order valence-electron chi connectivity index (χ1n) is 6.59. The van der Waals surface area contributed by atoms with Crippen LogP contribution < -0.4 is 10.6 Å². The molecule has 1 heterocycles. The van der Waals surface area contributed by atoms with Crippen molar-refractivity contribution in [1.29, 1.82) is 0 Å². The molecule has 106 valence electrons. The molecule has 0 aromatic rings. The van der Waals surface area contributed by atoms with E-state index in [1.54, 1.807) is 0 Å². The van der Waals surface area contributed by atoms with Gasteiger partial charge < -0.3 is 10.2 Å². The Balaban J connectivity index is 2.21. The van der Waals surface area contributed by atoms with Crippen LogP contribution in [-0.2, 0) is 4.79 Å². The average Bonchev–Trinajstić information content (AvgIpc) is 2.68. The molecular formula is C12H23F2N3O. The molecule has 0 bridgehead atoms. The van der Waals surface area contributed by atoms with Gasteiger partial charge in [-0.15, -0.1) is 0 Å². The van der Waals surface area contributed by atoms with E-state index in [9.17, 15) is 13.6 Å². The highest BCUT2D eigenvalue weighted by Crippen LogP contribution is 2.24. The summed E-state index contributed by atoms with van der Waals surface area (Å²) in [5.41, 5.74) is 0. The zero-order valence-electron chi connectivity index (χ0n) is 11.1. The number of hydrogen-bond donors (Lipinski definition) is 2. The maximum Gasteiger partial charge on any atom is 0.262 e. The summed E-state index contributed by atoms with van der Waals surface area (Å²) in [5.74, 6) is -3.07. The van der Waals surface area contributed by atoms with Crippen LogP contribution in [0.3, 0.4) is 0 Å². The fraction of sp³-hybridized carbons (Fsp3) is 0.917. The molecule has 1 rings (SSSR count). The molecule has 0 aromatic carbocycles. The number of alkyl halides is 2. The molecule has 0 aliphatic carbocycles. The van der Waals surface area contributed by atoms with Crippen molar-refractivity contribution >= 4 is 5.91 Å². The Bertz CT molecular complexity index is 274. The fourth-order valence-corrected chi connectivity index (χ4v) is 2.11. The van der Waals surface area contributed by atoms with Gasteiger partial charge in [-0.05, 0) is 19.5 Å². The predicted molar refractivity (Wildman–Crippen MR) is 66.8 cm³/mol. The van der Waals surface area contributed by atoms with Crippen molar-refractivity contribution in [3.05, 3.63) is 0 Å². The van der Waals surface area contributed by atoms with E-state index >= 15 is 0 Å². The molecular weight excluding hydrogens is 240 g/mol. The summed E-state index contributed by atoms with van der Waals surface area (Å²) in [6.45, 7) is 6.97. The summed E-state index contributed by atoms with van der Waals surface area (Å²) < 4.78 is 25.8. The second-order valence-corrected chi connectivity index (χ2v) is 4.72. The molecule has 1 unspecified atom stereocenters. The topological polar surface area (TPSA) is 44.4 Å². The number of nitrogens with one attached hydrogen (secondary N) is 2. The third-order valence-electron chi connectivity index (χ3n) is 3.14. The van der Waals surface area contributed by atoms with E-state index < -0.39 is 24.9 Å². The monoisotopic (exact) mass is 263 g/mol. The number of hydrogen-bond acceptors (Lipinski definition) is 3. The first kappa shape index (κ1) is 15.3. The number of rotatable bonds is 7. The van der Waals surface area contributed by atoms with Gasteiger partial charge >= 0.3 is 0 Å². The zero-order valence-corrected chi connectivity index (χ0v) is 11.1. The number of halogens is 2. The van der Waals surface area contributed by atoms with Crippen molar-refractivity contribution in [2.24, 2.45) is 0 Å². The molecule has 1 aliphatic rings. The molecule has 0 spiro atoms. The lowest BCUT2D eigenvalue weighted by Gasteiger charge is -2.20. The third kappa shape index (κ3) is 4.86. The minimum atomic E-state index is -2.75. The summed E-state index contributed by atoms with van der Waals surface area (Å²) in [7, 11) is 0. The van der Waals surface area contributed by atoms with Gasteiger partial charge in [0.1, 0.15) is 0 Å². The molecule has 6 heteroatoms. The standard InChI is InChI=1S/C12H23F2N3O/c1-3-6-17(4-2)7-5-15-11(18)10-8-12(13,14)9-16-10/h10,16H,3-9H2,1-2H3,(H,15,18). The maximum absolute atomic E-state index is 12.9. The Morgan fingerprint density at radius 2 is 2.17 bits per heavy atom. The van der Waals surface area contributed by atoms with Gasteiger partial charge in [0.05, 0.1) is 12.6 Å². The second-order valence-electron chi connectivity index (χ2n) is 4.72. The number of carbonyl (C=O) groups excluding carboxylic acids is 1. The highest BCUT2D eigenvalue weighted by molar-refractivity contribution is 5.82. The molecule has 1 aliphatic heterocycles. The van der Waals surface area contributed by atoms with E-state index in [1.165, 1.54) is 0 Å². The van der Waals surface area contributed by atoms with Crippen molar-refractivity contribution < 1.29 is 13.6 Å². The van der Waals surface area contributed by atoms with E-state index in [0.29, 0.717) is 6.54 Å². The molecule has 1 atom stereocenters. The minimum Gasteiger partial charge on any atom is -0.353 e. The molecule has 2 N–H and O–H groups in total. The SMILES string of the molecule is CCCN(CC)CCNC(=O)C1CC(F)(F)CN1. The van der Waals surface area contributed by atoms with E-state index in [-0.39, 0.29) is 5.91 Å². The molecule has 0 saturated carbocycles. The Morgan fingerprint density at radius 1 is 1.44 bits per heavy atom. The van der Waals surface area contributed by atoms with Crippen LogP contribution in [0.15, 0.2) is 0 Å². The van der Waals surface area contributed by atoms with Crippen LogP contribution in [0.2, 0.25) is 0 Å². The summed E-state index contributed by atoms with van der Waals surface area (Å²) in [5, 5.41) is 5.26. The summed E-state index contributed by atoms with van der Waals surface area (Å²) in [6.07, 6.45) is 0.670. The van der Waals surface area contributed by atoms with Crippen LogP contribution in [0.5, 0.6) is 0 Å². The third-order valence-corrected chi connectivity index (χ3v) is 3.14. The lowest BCUT2D eigenvalue weighted by molar-refractivity contribution is -0.123. The number of likely N-dealkylation sites (N-methyl/N-ethyl adjacent to an activating group) is 1. The van der Waals surface area contributed by atoms with Crippen molar-refractivity contribution in [3.63, 3.8) is 0 Å². The van der Waals surface area contributed by atoms with E-state index in [4.69, 9.17) is 0 Å². The number of carbonyl (C=O) groups is 1. The van der Waals surface area contributed by atoms with E-state index in [1.807, 2.05) is 0 Å². The quantitative estimate of drug-likeness (QED) is 0.715. The maximum atomic E-state index is 12.9. The van der Waals surface area contributed by atoms with Gasteiger partial charge in [0.15, 0.2) is 0 Å². The van der Waals surface area contributed by atoms with Crippen LogP contribution in [-0.4, -0.2) is 55.5 Å². The Labute approximate surface area is 107 Å². The van der Waals surface area contributed by atoms with E-state index in [0.717, 1.165) is 26.1 Å². The zero-order chi connectivity index (χ0) is 13.6. The normalized spacial score (nSPS) is 22.4. The van der Waals surface area contributed by atoms with Gasteiger partial charge in [-0.25, -0.2) is 8.78 Å². The van der Waals surface area contributed by atoms with Crippen molar-refractivity contribution in [1.82, 2.24) is 15.5 Å². The average molecular weight is 263 g/mol. The van der Waals surface area contributed by atoms with Crippen molar-refractivity contribution in [3.8, 4) is 0 Å². The second kappa shape index (κ2) is 6.99. The Hall–Kier alpha value is -0.750. The fourth-order valence-electron chi connectivity index (χ4n) is 2.11. The molecule has 1 amide bonds. The Kier molecular flexibility index (Phi) is 5.95. The largest absolute Gasteiger partial charge is 0.353 e. The van der Waals surface area contributed by atoms with Crippen molar-refractivity contribution in [2.45, 2.75) is 38.7 Å². The van der Waals surface area contributed by atoms with Crippen LogP contribution >= 0.6 is 0 Å². The van der Waals surface area contributed by atoms with Gasteiger partial charge in [0, 0.05) is 19.5 Å². The van der Waals surface area contributed by atoms with Gasteiger partial charge in [-0.1, -0.05) is 13.8 Å². The van der Waals surface area contributed by atoms with Crippen LogP contribution in [0.4, 0.5) is 8.78 Å². The number of nitrogens with zero attached hydrogens (tertiary/aromatic N) is 1. The first-order valence-corrected chi connectivity index (χ1v) is 6.59. The highest BCUT2D eigenvalue weighted by atomic mass is 19.3. The first-order chi connectivity index (χ1) is 8.48. The van der Waals surface area contributed by atoms with Gasteiger partial charge in [0.25, 0.3) is 5.92 Å². The van der Waals surface area contributed by atoms with Gasteiger partial charge in [-0.2, -0.15) is 0 Å². The summed E-state index contributed by atoms with van der Waals surface area (Å²) >= 11 is 0. The van der Waals surface area contributed by atoms with Crippen LogP contribution in [0.1, 0.15) is 26.7 Å². The van der Waals surface area contributed by atoms with Crippen molar-refractivity contribution in [2.75, 3.05) is 32.7 Å². The lowest BCUT2D eigenvalue weighted by atomic mass is 10.2. The summed E-state index contributed by atoms with van der Waals surface area (Å²) in [4.78, 5) is 13.9. The van der Waals surface area contributed by atoms with Crippen LogP contribution in [0.25, 0.3) is 0 Å². The number of amides is 1. The molecule has 18 heavy (non-hydrogen) atoms. The highest BCUT2D eigenvalue weighted by Gasteiger charge is 2.42. The van der Waals surface area contributed by atoms with E-state index in [2.05, 4.69) is 29.4 Å². The smallest absolute Gasteiger partial charge is 0.262 e. The van der Waals surface area contributed by atoms with Gasteiger partial charge in [-0.3, -0.25) is 10.1 Å².